The molecule has 1 heterocycles. The molecule has 0 atom stereocenters. The molecule has 0 saturated heterocycles. The zero-order valence-electron chi connectivity index (χ0n) is 9.83. The number of aromatic nitrogens is 1. The second-order valence-corrected chi connectivity index (χ2v) is 6.13. The summed E-state index contributed by atoms with van der Waals surface area (Å²) in [5.74, 6) is 0. The fourth-order valence-electron chi connectivity index (χ4n) is 1.46. The zero-order valence-corrected chi connectivity index (χ0v) is 10.7. The zero-order chi connectivity index (χ0) is 12.3. The molecule has 0 unspecified atom stereocenters. The first-order chi connectivity index (χ1) is 8.08. The van der Waals surface area contributed by atoms with Crippen molar-refractivity contribution in [2.24, 2.45) is 0 Å². The van der Waals surface area contributed by atoms with E-state index in [0.29, 0.717) is 13.0 Å². The highest BCUT2D eigenvalue weighted by Gasteiger charge is 2.29. The molecule has 1 fully saturated rings. The van der Waals surface area contributed by atoms with Crippen molar-refractivity contribution in [1.82, 2.24) is 14.0 Å². The predicted molar refractivity (Wildman–Crippen MR) is 65.6 cm³/mol. The van der Waals surface area contributed by atoms with Gasteiger partial charge < -0.3 is 0 Å². The molecule has 0 aromatic carbocycles. The van der Waals surface area contributed by atoms with Gasteiger partial charge in [-0.25, -0.2) is 0 Å². The van der Waals surface area contributed by atoms with E-state index in [-0.39, 0.29) is 6.04 Å². The molecule has 6 heteroatoms. The summed E-state index contributed by atoms with van der Waals surface area (Å²) in [5.41, 5.74) is 1.09. The third-order valence-corrected chi connectivity index (χ3v) is 4.40. The number of hydrogen-bond acceptors (Lipinski definition) is 3. The Bertz CT molecular complexity index is 457. The van der Waals surface area contributed by atoms with Crippen molar-refractivity contribution < 1.29 is 8.42 Å². The fraction of sp³-hybridized carbons (Fsp3) is 0.545. The van der Waals surface area contributed by atoms with Gasteiger partial charge in [0.2, 0.25) is 0 Å². The molecule has 1 saturated carbocycles. The van der Waals surface area contributed by atoms with Crippen LogP contribution in [0.25, 0.3) is 0 Å². The number of pyridine rings is 1. The highest BCUT2D eigenvalue weighted by molar-refractivity contribution is 7.87. The molecule has 94 valence electrons. The van der Waals surface area contributed by atoms with Crippen LogP contribution in [0.3, 0.4) is 0 Å². The van der Waals surface area contributed by atoms with Crippen LogP contribution in [0, 0.1) is 0 Å². The normalized spacial score (nSPS) is 16.4. The van der Waals surface area contributed by atoms with Gasteiger partial charge in [0.15, 0.2) is 0 Å². The molecule has 2 rings (SSSR count). The molecule has 0 radical (unpaired) electrons. The molecule has 5 nitrogen and oxygen atoms in total. The van der Waals surface area contributed by atoms with Gasteiger partial charge >= 0.3 is 0 Å². The first-order valence-electron chi connectivity index (χ1n) is 5.70. The van der Waals surface area contributed by atoms with Crippen LogP contribution >= 0.6 is 0 Å². The fourth-order valence-corrected chi connectivity index (χ4v) is 2.63. The minimum absolute atomic E-state index is 0.156. The first-order valence-corrected chi connectivity index (χ1v) is 7.14. The monoisotopic (exact) mass is 255 g/mol. The molecule has 1 aliphatic carbocycles. The Morgan fingerprint density at radius 2 is 2.06 bits per heavy atom. The van der Waals surface area contributed by atoms with Crippen LogP contribution in [-0.2, 0) is 16.6 Å². The second kappa shape index (κ2) is 5.12. The summed E-state index contributed by atoms with van der Waals surface area (Å²) in [4.78, 5) is 3.92. The van der Waals surface area contributed by atoms with Crippen LogP contribution < -0.4 is 4.72 Å². The Labute approximate surface area is 102 Å². The van der Waals surface area contributed by atoms with E-state index in [2.05, 4.69) is 9.71 Å². The maximum absolute atomic E-state index is 11.8. The molecule has 1 N–H and O–H groups in total. The summed E-state index contributed by atoms with van der Waals surface area (Å²) in [6.45, 7) is 0.478. The van der Waals surface area contributed by atoms with Gasteiger partial charge in [-0.15, -0.1) is 0 Å². The Morgan fingerprint density at radius 1 is 1.41 bits per heavy atom. The smallest absolute Gasteiger partial charge is 0.265 e. The molecule has 0 bridgehead atoms. The Morgan fingerprint density at radius 3 is 2.65 bits per heavy atom. The van der Waals surface area contributed by atoms with Crippen molar-refractivity contribution in [3.8, 4) is 0 Å². The van der Waals surface area contributed by atoms with Gasteiger partial charge in [-0.2, -0.15) is 17.4 Å². The van der Waals surface area contributed by atoms with Gasteiger partial charge in [0.25, 0.3) is 10.2 Å². The minimum atomic E-state index is -3.30. The van der Waals surface area contributed by atoms with Gasteiger partial charge in [0.1, 0.15) is 0 Å². The van der Waals surface area contributed by atoms with Gasteiger partial charge in [0, 0.05) is 32.0 Å². The highest BCUT2D eigenvalue weighted by Crippen LogP contribution is 2.20. The van der Waals surface area contributed by atoms with Gasteiger partial charge in [-0.1, -0.05) is 0 Å². The molecule has 0 spiro atoms. The number of rotatable bonds is 6. The molecule has 0 aliphatic heterocycles. The SMILES string of the molecule is CN(CCc1ccncc1)S(=O)(=O)NC1CC1. The summed E-state index contributed by atoms with van der Waals surface area (Å²) < 4.78 is 27.6. The van der Waals surface area contributed by atoms with Gasteiger partial charge in [-0.05, 0) is 37.0 Å². The van der Waals surface area contributed by atoms with Crippen LogP contribution in [0.5, 0.6) is 0 Å². The summed E-state index contributed by atoms with van der Waals surface area (Å²) in [5, 5.41) is 0. The van der Waals surface area contributed by atoms with E-state index in [1.807, 2.05) is 12.1 Å². The van der Waals surface area contributed by atoms with Crippen molar-refractivity contribution in [2.75, 3.05) is 13.6 Å². The van der Waals surface area contributed by atoms with E-state index in [1.54, 1.807) is 19.4 Å². The largest absolute Gasteiger partial charge is 0.279 e. The van der Waals surface area contributed by atoms with E-state index in [0.717, 1.165) is 18.4 Å². The lowest BCUT2D eigenvalue weighted by molar-refractivity contribution is 0.460. The average Bonchev–Trinajstić information content (AvgIpc) is 3.10. The summed E-state index contributed by atoms with van der Waals surface area (Å²) in [6, 6.07) is 3.95. The maximum atomic E-state index is 11.8. The van der Waals surface area contributed by atoms with Crippen molar-refractivity contribution in [3.63, 3.8) is 0 Å². The first kappa shape index (κ1) is 12.5. The van der Waals surface area contributed by atoms with Crippen molar-refractivity contribution in [3.05, 3.63) is 30.1 Å². The minimum Gasteiger partial charge on any atom is -0.265 e. The third kappa shape index (κ3) is 3.76. The third-order valence-electron chi connectivity index (χ3n) is 2.77. The number of nitrogens with zero attached hydrogens (tertiary/aromatic N) is 2. The summed E-state index contributed by atoms with van der Waals surface area (Å²) >= 11 is 0. The molecule has 1 aliphatic rings. The Hall–Kier alpha value is -0.980. The molecule has 0 amide bonds. The predicted octanol–water partition coefficient (Wildman–Crippen LogP) is 0.553. The van der Waals surface area contributed by atoms with Crippen LogP contribution in [0.2, 0.25) is 0 Å². The summed E-state index contributed by atoms with van der Waals surface area (Å²) in [7, 11) is -1.70. The molecular formula is C11H17N3O2S. The van der Waals surface area contributed by atoms with E-state index < -0.39 is 10.2 Å². The number of hydrogen-bond donors (Lipinski definition) is 1. The highest BCUT2D eigenvalue weighted by atomic mass is 32.2. The average molecular weight is 255 g/mol. The van der Waals surface area contributed by atoms with Crippen LogP contribution in [0.1, 0.15) is 18.4 Å². The van der Waals surface area contributed by atoms with E-state index >= 15 is 0 Å². The van der Waals surface area contributed by atoms with Crippen molar-refractivity contribution >= 4 is 10.2 Å². The standard InChI is InChI=1S/C11H17N3O2S/c1-14(17(15,16)13-11-2-3-11)9-6-10-4-7-12-8-5-10/h4-5,7-8,11,13H,2-3,6,9H2,1H3. The second-order valence-electron chi connectivity index (χ2n) is 4.32. The molecule has 1 aromatic heterocycles. The van der Waals surface area contributed by atoms with E-state index in [9.17, 15) is 8.42 Å². The number of likely N-dealkylation sites (N-methyl/N-ethyl adjacent to an activating group) is 1. The lowest BCUT2D eigenvalue weighted by Gasteiger charge is -2.17. The van der Waals surface area contributed by atoms with Crippen LogP contribution in [0.15, 0.2) is 24.5 Å². The lowest BCUT2D eigenvalue weighted by atomic mass is 10.2. The summed E-state index contributed by atoms with van der Waals surface area (Å²) in [6.07, 6.45) is 6.04. The van der Waals surface area contributed by atoms with Crippen molar-refractivity contribution in [2.45, 2.75) is 25.3 Å². The quantitative estimate of drug-likeness (QED) is 0.807. The van der Waals surface area contributed by atoms with Gasteiger partial charge in [0.05, 0.1) is 0 Å². The number of nitrogens with one attached hydrogen (secondary N) is 1. The Balaban J connectivity index is 1.86. The van der Waals surface area contributed by atoms with Gasteiger partial charge in [-0.3, -0.25) is 4.98 Å². The molecule has 1 aromatic rings. The maximum Gasteiger partial charge on any atom is 0.279 e. The van der Waals surface area contributed by atoms with E-state index in [4.69, 9.17) is 0 Å². The lowest BCUT2D eigenvalue weighted by Crippen LogP contribution is -2.40. The van der Waals surface area contributed by atoms with Crippen molar-refractivity contribution in [1.29, 1.82) is 0 Å². The topological polar surface area (TPSA) is 62.3 Å². The van der Waals surface area contributed by atoms with E-state index in [1.165, 1.54) is 4.31 Å². The van der Waals surface area contributed by atoms with Crippen LogP contribution in [0.4, 0.5) is 0 Å². The molecular weight excluding hydrogens is 238 g/mol. The Kier molecular flexibility index (Phi) is 3.76. The molecule has 17 heavy (non-hydrogen) atoms. The van der Waals surface area contributed by atoms with Crippen LogP contribution in [-0.4, -0.2) is 37.3 Å².